The highest BCUT2D eigenvalue weighted by atomic mass is 35.7. The lowest BCUT2D eigenvalue weighted by atomic mass is 10.2. The van der Waals surface area contributed by atoms with Crippen LogP contribution in [0.3, 0.4) is 0 Å². The van der Waals surface area contributed by atoms with Gasteiger partial charge in [-0.1, -0.05) is 59.2 Å². The second-order valence-electron chi connectivity index (χ2n) is 7.32. The molecule has 2 aromatic rings. The van der Waals surface area contributed by atoms with Crippen molar-refractivity contribution in [2.75, 3.05) is 0 Å². The van der Waals surface area contributed by atoms with Gasteiger partial charge in [-0.05, 0) is 28.8 Å². The molecule has 0 fully saturated rings. The molecule has 0 spiro atoms. The summed E-state index contributed by atoms with van der Waals surface area (Å²) in [6.45, 7) is 13.5. The number of hydrogen-bond acceptors (Lipinski definition) is 2. The molecule has 0 atom stereocenters. The van der Waals surface area contributed by atoms with Gasteiger partial charge >= 0.3 is 0 Å². The molecule has 0 unspecified atom stereocenters. The van der Waals surface area contributed by atoms with Crippen LogP contribution in [0.15, 0.2) is 29.3 Å². The van der Waals surface area contributed by atoms with E-state index in [0.29, 0.717) is 21.6 Å². The summed E-state index contributed by atoms with van der Waals surface area (Å²) >= 11 is 6.48. The molecule has 0 aliphatic heterocycles. The molecule has 0 bridgehead atoms. The van der Waals surface area contributed by atoms with Crippen LogP contribution in [0, 0.1) is 0 Å². The van der Waals surface area contributed by atoms with E-state index in [2.05, 4.69) is 45.8 Å². The first-order valence-corrected chi connectivity index (χ1v) is 13.1. The first kappa shape index (κ1) is 19.8. The molecule has 0 aliphatic carbocycles. The summed E-state index contributed by atoms with van der Waals surface area (Å²) in [4.78, 5) is 0.117. The number of rotatable bonds is 5. The molecule has 3 nitrogen and oxygen atoms in total. The molecule has 0 saturated heterocycles. The van der Waals surface area contributed by atoms with Crippen LogP contribution in [-0.4, -0.2) is 20.9 Å². The van der Waals surface area contributed by atoms with E-state index in [1.165, 1.54) is 6.07 Å². The van der Waals surface area contributed by atoms with Crippen molar-refractivity contribution >= 4 is 50.5 Å². The van der Waals surface area contributed by atoms with E-state index in [1.54, 1.807) is 12.1 Å². The first-order valence-electron chi connectivity index (χ1n) is 8.19. The van der Waals surface area contributed by atoms with Gasteiger partial charge in [0.05, 0.1) is 9.92 Å². The van der Waals surface area contributed by atoms with E-state index in [0.717, 1.165) is 10.9 Å². The fourth-order valence-electron chi connectivity index (χ4n) is 4.47. The monoisotopic (exact) mass is 405 g/mol. The molecule has 0 radical (unpaired) electrons. The Morgan fingerprint density at radius 1 is 1.00 bits per heavy atom. The molecule has 0 saturated carbocycles. The number of benzene rings is 1. The lowest BCUT2D eigenvalue weighted by molar-refractivity contribution is 0.609. The first-order chi connectivity index (χ1) is 10.9. The van der Waals surface area contributed by atoms with Gasteiger partial charge in [-0.3, -0.25) is 0 Å². The lowest BCUT2D eigenvalue weighted by Crippen LogP contribution is -2.51. The van der Waals surface area contributed by atoms with Crippen LogP contribution in [-0.2, 0) is 9.05 Å². The quantitative estimate of drug-likeness (QED) is 0.435. The number of aromatic nitrogens is 1. The van der Waals surface area contributed by atoms with Crippen LogP contribution in [0.1, 0.15) is 41.5 Å². The van der Waals surface area contributed by atoms with Gasteiger partial charge < -0.3 is 4.23 Å². The number of nitrogens with zero attached hydrogens (tertiary/aromatic N) is 1. The Morgan fingerprint density at radius 2 is 1.50 bits per heavy atom. The minimum Gasteiger partial charge on any atom is -0.372 e. The van der Waals surface area contributed by atoms with Crippen molar-refractivity contribution in [1.29, 1.82) is 0 Å². The Kier molecular flexibility index (Phi) is 5.51. The maximum atomic E-state index is 11.8. The normalized spacial score (nSPS) is 13.6. The average Bonchev–Trinajstić information content (AvgIpc) is 2.74. The third-order valence-electron chi connectivity index (χ3n) is 5.20. The zero-order chi connectivity index (χ0) is 18.4. The van der Waals surface area contributed by atoms with Crippen molar-refractivity contribution in [1.82, 2.24) is 4.23 Å². The number of hydrogen-bond donors (Lipinski definition) is 0. The summed E-state index contributed by atoms with van der Waals surface area (Å²) in [6.07, 6.45) is 1.99. The zero-order valence-electron chi connectivity index (χ0n) is 15.0. The summed E-state index contributed by atoms with van der Waals surface area (Å²) in [6, 6.07) is 4.94. The van der Waals surface area contributed by atoms with E-state index >= 15 is 0 Å². The average molecular weight is 406 g/mol. The van der Waals surface area contributed by atoms with E-state index in [9.17, 15) is 8.42 Å². The third kappa shape index (κ3) is 3.04. The SMILES string of the molecule is CC(C)[Si](C(C)C)(C(C)C)n1cc(Cl)c2ccc(S(=O)(=O)Cl)cc21. The van der Waals surface area contributed by atoms with Gasteiger partial charge in [0, 0.05) is 27.8 Å². The molecule has 0 N–H and O–H groups in total. The molecule has 0 amide bonds. The lowest BCUT2D eigenvalue weighted by Gasteiger charge is -2.44. The van der Waals surface area contributed by atoms with E-state index in [1.807, 2.05) is 6.20 Å². The van der Waals surface area contributed by atoms with Gasteiger partial charge in [0.25, 0.3) is 9.05 Å². The minimum atomic E-state index is -3.78. The van der Waals surface area contributed by atoms with E-state index in [4.69, 9.17) is 22.3 Å². The van der Waals surface area contributed by atoms with Crippen molar-refractivity contribution in [3.8, 4) is 0 Å². The Labute approximate surface area is 155 Å². The van der Waals surface area contributed by atoms with Gasteiger partial charge in [-0.2, -0.15) is 0 Å². The Balaban J connectivity index is 2.93. The van der Waals surface area contributed by atoms with Crippen LogP contribution in [0.2, 0.25) is 21.6 Å². The number of fused-ring (bicyclic) bond motifs is 1. The summed E-state index contributed by atoms with van der Waals surface area (Å²) in [5, 5.41) is 1.53. The van der Waals surface area contributed by atoms with Crippen LogP contribution < -0.4 is 0 Å². The van der Waals surface area contributed by atoms with Crippen LogP contribution >= 0.6 is 22.3 Å². The largest absolute Gasteiger partial charge is 0.372 e. The molecular formula is C17H25Cl2NO2SSi. The van der Waals surface area contributed by atoms with Crippen molar-refractivity contribution in [2.24, 2.45) is 0 Å². The summed E-state index contributed by atoms with van der Waals surface area (Å²) < 4.78 is 25.9. The van der Waals surface area contributed by atoms with Gasteiger partial charge in [-0.15, -0.1) is 0 Å². The highest BCUT2D eigenvalue weighted by Gasteiger charge is 2.46. The fraction of sp³-hybridized carbons (Fsp3) is 0.529. The second-order valence-corrected chi connectivity index (χ2v) is 16.0. The van der Waals surface area contributed by atoms with Crippen LogP contribution in [0.5, 0.6) is 0 Å². The maximum absolute atomic E-state index is 11.8. The molecule has 7 heteroatoms. The van der Waals surface area contributed by atoms with Gasteiger partial charge in [0.15, 0.2) is 8.24 Å². The van der Waals surface area contributed by atoms with Crippen LogP contribution in [0.4, 0.5) is 0 Å². The molecule has 1 heterocycles. The summed E-state index contributed by atoms with van der Waals surface area (Å²) in [7, 11) is -0.251. The highest BCUT2D eigenvalue weighted by Crippen LogP contribution is 2.45. The fourth-order valence-corrected chi connectivity index (χ4v) is 12.2. The molecule has 24 heavy (non-hydrogen) atoms. The molecule has 2 rings (SSSR count). The highest BCUT2D eigenvalue weighted by molar-refractivity contribution is 8.13. The third-order valence-corrected chi connectivity index (χ3v) is 13.6. The zero-order valence-corrected chi connectivity index (χ0v) is 18.3. The van der Waals surface area contributed by atoms with Gasteiger partial charge in [0.2, 0.25) is 0 Å². The minimum absolute atomic E-state index is 0.117. The smallest absolute Gasteiger partial charge is 0.261 e. The summed E-state index contributed by atoms with van der Waals surface area (Å²) in [5.41, 5.74) is 2.28. The van der Waals surface area contributed by atoms with Crippen molar-refractivity contribution in [3.63, 3.8) is 0 Å². The van der Waals surface area contributed by atoms with E-state index < -0.39 is 17.3 Å². The molecular weight excluding hydrogens is 381 g/mol. The van der Waals surface area contributed by atoms with Gasteiger partial charge in [-0.25, -0.2) is 8.42 Å². The van der Waals surface area contributed by atoms with Gasteiger partial charge in [0.1, 0.15) is 0 Å². The second kappa shape index (κ2) is 6.67. The van der Waals surface area contributed by atoms with Crippen molar-refractivity contribution < 1.29 is 8.42 Å². The maximum Gasteiger partial charge on any atom is 0.261 e. The van der Waals surface area contributed by atoms with Crippen molar-refractivity contribution in [3.05, 3.63) is 29.4 Å². The topological polar surface area (TPSA) is 39.1 Å². The Bertz CT molecular complexity index is 835. The predicted molar refractivity (Wildman–Crippen MR) is 106 cm³/mol. The Hall–Kier alpha value is -0.493. The number of halogens is 2. The molecule has 1 aromatic heterocycles. The molecule has 0 aliphatic rings. The standard InChI is InChI=1S/C17H25Cl2NO2SSi/c1-11(2)24(12(3)4,13(5)6)20-10-16(18)15-8-7-14(9-17(15)20)23(19,21)22/h7-13H,1-6H3. The molecule has 134 valence electrons. The van der Waals surface area contributed by atoms with Crippen molar-refractivity contribution in [2.45, 2.75) is 63.1 Å². The predicted octanol–water partition coefficient (Wildman–Crippen LogP) is 6.25. The summed E-state index contributed by atoms with van der Waals surface area (Å²) in [5.74, 6) is 0. The Morgan fingerprint density at radius 3 is 1.92 bits per heavy atom. The van der Waals surface area contributed by atoms with Crippen LogP contribution in [0.25, 0.3) is 10.9 Å². The molecule has 1 aromatic carbocycles. The van der Waals surface area contributed by atoms with E-state index in [-0.39, 0.29) is 4.90 Å².